The first-order valence-electron chi connectivity index (χ1n) is 10.5. The zero-order valence-corrected chi connectivity index (χ0v) is 17.8. The van der Waals surface area contributed by atoms with Crippen molar-refractivity contribution in [3.8, 4) is 0 Å². The third kappa shape index (κ3) is 15.4. The molecule has 0 aliphatic rings. The Morgan fingerprint density at radius 3 is 2.22 bits per heavy atom. The van der Waals surface area contributed by atoms with E-state index >= 15 is 0 Å². The second-order valence-corrected chi connectivity index (χ2v) is 7.01. The van der Waals surface area contributed by atoms with Crippen molar-refractivity contribution in [3.63, 3.8) is 0 Å². The lowest BCUT2D eigenvalue weighted by atomic mass is 10.0. The summed E-state index contributed by atoms with van der Waals surface area (Å²) in [7, 11) is 3.12. The quantitative estimate of drug-likeness (QED) is 0.192. The molecule has 0 heterocycles. The summed E-state index contributed by atoms with van der Waals surface area (Å²) in [4.78, 5) is 22.4. The van der Waals surface area contributed by atoms with Crippen molar-refractivity contribution in [2.75, 3.05) is 14.2 Å². The van der Waals surface area contributed by atoms with Crippen LogP contribution in [0.5, 0.6) is 0 Å². The minimum Gasteiger partial charge on any atom is -0.469 e. The Morgan fingerprint density at radius 2 is 1.59 bits per heavy atom. The number of hydrogen-bond acceptors (Lipinski definition) is 5. The van der Waals surface area contributed by atoms with Crippen LogP contribution in [0.2, 0.25) is 0 Å². The molecule has 158 valence electrons. The topological polar surface area (TPSA) is 61.8 Å². The van der Waals surface area contributed by atoms with Gasteiger partial charge in [-0.25, -0.2) is 0 Å². The standard InChI is InChI=1S/C22H40O5/c1-5-6-13-16-20(25-3)21(27-19(2)23)17-14-11-9-7-8-10-12-15-18-22(24)26-4/h11,14,20-21H,5-10,12-13,15-18H2,1-4H3/b14-11-. The first kappa shape index (κ1) is 25.6. The Labute approximate surface area is 165 Å². The Balaban J connectivity index is 4.01. The molecular formula is C22H40O5. The van der Waals surface area contributed by atoms with E-state index < -0.39 is 0 Å². The number of unbranched alkanes of at least 4 members (excludes halogenated alkanes) is 7. The van der Waals surface area contributed by atoms with E-state index in [0.29, 0.717) is 12.8 Å². The van der Waals surface area contributed by atoms with Crippen LogP contribution in [-0.2, 0) is 23.8 Å². The molecule has 0 rings (SSSR count). The highest BCUT2D eigenvalue weighted by atomic mass is 16.6. The van der Waals surface area contributed by atoms with Gasteiger partial charge < -0.3 is 14.2 Å². The van der Waals surface area contributed by atoms with Crippen LogP contribution >= 0.6 is 0 Å². The second-order valence-electron chi connectivity index (χ2n) is 7.01. The molecule has 2 atom stereocenters. The van der Waals surface area contributed by atoms with Crippen LogP contribution < -0.4 is 0 Å². The van der Waals surface area contributed by atoms with Crippen molar-refractivity contribution < 1.29 is 23.8 Å². The van der Waals surface area contributed by atoms with Gasteiger partial charge in [-0.3, -0.25) is 9.59 Å². The lowest BCUT2D eigenvalue weighted by Crippen LogP contribution is -2.32. The number of methoxy groups -OCH3 is 2. The average Bonchev–Trinajstić information content (AvgIpc) is 2.65. The molecule has 27 heavy (non-hydrogen) atoms. The zero-order valence-electron chi connectivity index (χ0n) is 17.8. The van der Waals surface area contributed by atoms with Gasteiger partial charge in [0.2, 0.25) is 0 Å². The molecule has 0 aliphatic carbocycles. The molecule has 0 N–H and O–H groups in total. The van der Waals surface area contributed by atoms with Gasteiger partial charge in [-0.2, -0.15) is 0 Å². The normalized spacial score (nSPS) is 13.5. The Morgan fingerprint density at radius 1 is 0.889 bits per heavy atom. The van der Waals surface area contributed by atoms with E-state index in [1.165, 1.54) is 20.5 Å². The van der Waals surface area contributed by atoms with E-state index in [9.17, 15) is 9.59 Å². The van der Waals surface area contributed by atoms with Crippen LogP contribution in [0.3, 0.4) is 0 Å². The molecule has 0 aromatic rings. The fourth-order valence-electron chi connectivity index (χ4n) is 3.05. The first-order chi connectivity index (χ1) is 13.0. The van der Waals surface area contributed by atoms with Crippen molar-refractivity contribution in [1.29, 1.82) is 0 Å². The summed E-state index contributed by atoms with van der Waals surface area (Å²) in [6.07, 6.45) is 16.0. The van der Waals surface area contributed by atoms with Gasteiger partial charge in [0.25, 0.3) is 0 Å². The maximum atomic E-state index is 11.4. The summed E-state index contributed by atoms with van der Waals surface area (Å²) in [5, 5.41) is 0. The number of esters is 2. The van der Waals surface area contributed by atoms with Crippen LogP contribution in [-0.4, -0.2) is 38.4 Å². The minimum absolute atomic E-state index is 0.0417. The monoisotopic (exact) mass is 384 g/mol. The van der Waals surface area contributed by atoms with Crippen molar-refractivity contribution in [2.45, 2.75) is 103 Å². The van der Waals surface area contributed by atoms with Gasteiger partial charge in [-0.05, 0) is 25.7 Å². The van der Waals surface area contributed by atoms with Gasteiger partial charge in [0.05, 0.1) is 13.2 Å². The van der Waals surface area contributed by atoms with Crippen LogP contribution in [0.15, 0.2) is 12.2 Å². The van der Waals surface area contributed by atoms with Crippen LogP contribution in [0.1, 0.15) is 90.9 Å². The summed E-state index contributed by atoms with van der Waals surface area (Å²) >= 11 is 0. The second kappa shape index (κ2) is 18.0. The number of ether oxygens (including phenoxy) is 3. The van der Waals surface area contributed by atoms with Crippen LogP contribution in [0, 0.1) is 0 Å². The van der Waals surface area contributed by atoms with Crippen molar-refractivity contribution in [2.24, 2.45) is 0 Å². The van der Waals surface area contributed by atoms with Gasteiger partial charge in [0, 0.05) is 26.9 Å². The van der Waals surface area contributed by atoms with E-state index in [0.717, 1.165) is 57.8 Å². The first-order valence-corrected chi connectivity index (χ1v) is 10.5. The van der Waals surface area contributed by atoms with E-state index in [-0.39, 0.29) is 24.1 Å². The molecule has 0 saturated carbocycles. The van der Waals surface area contributed by atoms with E-state index in [4.69, 9.17) is 9.47 Å². The lowest BCUT2D eigenvalue weighted by Gasteiger charge is -2.24. The zero-order chi connectivity index (χ0) is 20.3. The molecule has 2 unspecified atom stereocenters. The van der Waals surface area contributed by atoms with Crippen molar-refractivity contribution >= 4 is 11.9 Å². The molecule has 0 amide bonds. The lowest BCUT2D eigenvalue weighted by molar-refractivity contribution is -0.153. The number of carbonyl (C=O) groups excluding carboxylic acids is 2. The summed E-state index contributed by atoms with van der Waals surface area (Å²) < 4.78 is 15.7. The highest BCUT2D eigenvalue weighted by Crippen LogP contribution is 2.17. The van der Waals surface area contributed by atoms with Crippen molar-refractivity contribution in [3.05, 3.63) is 12.2 Å². The largest absolute Gasteiger partial charge is 0.469 e. The van der Waals surface area contributed by atoms with Crippen LogP contribution in [0.4, 0.5) is 0 Å². The van der Waals surface area contributed by atoms with E-state index in [1.807, 2.05) is 0 Å². The van der Waals surface area contributed by atoms with Crippen molar-refractivity contribution in [1.82, 2.24) is 0 Å². The third-order valence-electron chi connectivity index (χ3n) is 4.64. The number of rotatable bonds is 17. The average molecular weight is 385 g/mol. The summed E-state index contributed by atoms with van der Waals surface area (Å²) in [5.41, 5.74) is 0. The SMILES string of the molecule is CCCCCC(OC)C(C/C=C\CCCCCCCC(=O)OC)OC(C)=O. The molecule has 0 bridgehead atoms. The van der Waals surface area contributed by atoms with Gasteiger partial charge in [0.1, 0.15) is 6.10 Å². The Kier molecular flexibility index (Phi) is 17.1. The molecule has 0 saturated heterocycles. The predicted octanol–water partition coefficient (Wildman–Crippen LogP) is 5.36. The molecule has 0 fully saturated rings. The third-order valence-corrected chi connectivity index (χ3v) is 4.64. The number of carbonyl (C=O) groups is 2. The molecule has 5 heteroatoms. The molecule has 0 aliphatic heterocycles. The van der Waals surface area contributed by atoms with E-state index in [2.05, 4.69) is 23.8 Å². The molecule has 0 aromatic carbocycles. The smallest absolute Gasteiger partial charge is 0.305 e. The van der Waals surface area contributed by atoms with Gasteiger partial charge >= 0.3 is 11.9 Å². The minimum atomic E-state index is -0.252. The molecule has 5 nitrogen and oxygen atoms in total. The Hall–Kier alpha value is -1.36. The maximum absolute atomic E-state index is 11.4. The van der Waals surface area contributed by atoms with Crippen LogP contribution in [0.25, 0.3) is 0 Å². The number of hydrogen-bond donors (Lipinski definition) is 0. The maximum Gasteiger partial charge on any atom is 0.305 e. The fourth-order valence-corrected chi connectivity index (χ4v) is 3.05. The van der Waals surface area contributed by atoms with Gasteiger partial charge in [-0.1, -0.05) is 57.6 Å². The summed E-state index contributed by atoms with van der Waals surface area (Å²) in [5.74, 6) is -0.373. The van der Waals surface area contributed by atoms with Gasteiger partial charge in [0.15, 0.2) is 0 Å². The van der Waals surface area contributed by atoms with Gasteiger partial charge in [-0.15, -0.1) is 0 Å². The Bertz CT molecular complexity index is 406. The molecule has 0 spiro atoms. The predicted molar refractivity (Wildman–Crippen MR) is 109 cm³/mol. The fraction of sp³-hybridized carbons (Fsp3) is 0.818. The molecule has 0 aromatic heterocycles. The number of allylic oxidation sites excluding steroid dienone is 1. The summed E-state index contributed by atoms with van der Waals surface area (Å²) in [6.45, 7) is 3.63. The van der Waals surface area contributed by atoms with E-state index in [1.54, 1.807) is 7.11 Å². The highest BCUT2D eigenvalue weighted by molar-refractivity contribution is 5.69. The molecule has 0 radical (unpaired) electrons. The molecular weight excluding hydrogens is 344 g/mol. The summed E-state index contributed by atoms with van der Waals surface area (Å²) in [6, 6.07) is 0. The highest BCUT2D eigenvalue weighted by Gasteiger charge is 2.22.